The van der Waals surface area contributed by atoms with Gasteiger partial charge in [-0.2, -0.15) is 0 Å². The number of rotatable bonds is 4. The summed E-state index contributed by atoms with van der Waals surface area (Å²) in [6, 6.07) is 0.288. The number of ether oxygens (including phenoxy) is 1. The lowest BCUT2D eigenvalue weighted by atomic mass is 9.84. The number of hydrogen-bond acceptors (Lipinski definition) is 3. The minimum Gasteiger partial charge on any atom is -0.478 e. The van der Waals surface area contributed by atoms with Crippen LogP contribution in [0.5, 0.6) is 0 Å². The summed E-state index contributed by atoms with van der Waals surface area (Å²) in [6.45, 7) is 2.08. The van der Waals surface area contributed by atoms with Crippen LogP contribution in [0.25, 0.3) is 0 Å². The summed E-state index contributed by atoms with van der Waals surface area (Å²) in [6.07, 6.45) is 6.94. The molecule has 0 aliphatic carbocycles. The number of carboxylic acids is 1. The maximum atomic E-state index is 10.3. The molecule has 4 nitrogen and oxygen atoms in total. The van der Waals surface area contributed by atoms with E-state index in [0.717, 1.165) is 18.9 Å². The molecule has 4 heteroatoms. The zero-order valence-corrected chi connectivity index (χ0v) is 8.85. The third-order valence-electron chi connectivity index (χ3n) is 3.38. The molecule has 2 aliphatic rings. The average molecular weight is 211 g/mol. The van der Waals surface area contributed by atoms with Gasteiger partial charge in [0.05, 0.1) is 12.2 Å². The predicted octanol–water partition coefficient (Wildman–Crippen LogP) is 1.13. The fraction of sp³-hybridized carbons (Fsp3) is 0.727. The molecule has 2 bridgehead atoms. The van der Waals surface area contributed by atoms with Crippen LogP contribution in [0.1, 0.15) is 26.2 Å². The first-order valence-electron chi connectivity index (χ1n) is 5.48. The molecule has 2 aliphatic heterocycles. The number of fused-ring (bicyclic) bond motifs is 2. The van der Waals surface area contributed by atoms with Crippen molar-refractivity contribution in [2.45, 2.75) is 44.4 Å². The van der Waals surface area contributed by atoms with Gasteiger partial charge < -0.3 is 15.2 Å². The molecule has 2 rings (SSSR count). The quantitative estimate of drug-likeness (QED) is 0.684. The molecular weight excluding hydrogens is 194 g/mol. The molecule has 0 aromatic carbocycles. The number of hydrogen-bond donors (Lipinski definition) is 2. The lowest BCUT2D eigenvalue weighted by molar-refractivity contribution is -0.131. The second kappa shape index (κ2) is 4.23. The van der Waals surface area contributed by atoms with Gasteiger partial charge in [-0.05, 0) is 26.2 Å². The highest BCUT2D eigenvalue weighted by Crippen LogP contribution is 2.40. The van der Waals surface area contributed by atoms with Gasteiger partial charge >= 0.3 is 5.97 Å². The molecule has 15 heavy (non-hydrogen) atoms. The Morgan fingerprint density at radius 1 is 1.60 bits per heavy atom. The molecule has 84 valence electrons. The van der Waals surface area contributed by atoms with Crippen LogP contribution in [0.2, 0.25) is 0 Å². The fourth-order valence-electron chi connectivity index (χ4n) is 2.60. The van der Waals surface area contributed by atoms with Crippen molar-refractivity contribution >= 4 is 5.97 Å². The maximum absolute atomic E-state index is 10.3. The van der Waals surface area contributed by atoms with Crippen molar-refractivity contribution < 1.29 is 14.6 Å². The molecule has 2 heterocycles. The van der Waals surface area contributed by atoms with E-state index in [-0.39, 0.29) is 6.04 Å². The predicted molar refractivity (Wildman–Crippen MR) is 55.4 cm³/mol. The molecule has 2 N–H and O–H groups in total. The van der Waals surface area contributed by atoms with E-state index in [9.17, 15) is 4.79 Å². The largest absolute Gasteiger partial charge is 0.478 e. The van der Waals surface area contributed by atoms with Crippen molar-refractivity contribution in [3.8, 4) is 0 Å². The standard InChI is InChI=1S/C11H17NO3/c1-7(12-5-4-11(13)14)9-6-8-2-3-10(9)15-8/h4-5,7-10,12H,2-3,6H2,1H3,(H,13,14)/b5-4+. The highest BCUT2D eigenvalue weighted by molar-refractivity contribution is 5.79. The van der Waals surface area contributed by atoms with E-state index in [1.165, 1.54) is 12.6 Å². The Balaban J connectivity index is 1.81. The van der Waals surface area contributed by atoms with Gasteiger partial charge in [0.1, 0.15) is 0 Å². The summed E-state index contributed by atoms with van der Waals surface area (Å²) >= 11 is 0. The Morgan fingerprint density at radius 2 is 2.40 bits per heavy atom. The zero-order chi connectivity index (χ0) is 10.8. The molecule has 0 spiro atoms. The van der Waals surface area contributed by atoms with Gasteiger partial charge in [-0.15, -0.1) is 0 Å². The van der Waals surface area contributed by atoms with Gasteiger partial charge in [0.2, 0.25) is 0 Å². The molecule has 0 aromatic heterocycles. The fourth-order valence-corrected chi connectivity index (χ4v) is 2.60. The maximum Gasteiger partial charge on any atom is 0.329 e. The highest BCUT2D eigenvalue weighted by Gasteiger charge is 2.42. The Kier molecular flexibility index (Phi) is 2.95. The Labute approximate surface area is 89.3 Å². The molecule has 4 unspecified atom stereocenters. The van der Waals surface area contributed by atoms with Crippen molar-refractivity contribution in [2.75, 3.05) is 0 Å². The second-order valence-electron chi connectivity index (χ2n) is 4.40. The van der Waals surface area contributed by atoms with Gasteiger partial charge in [-0.25, -0.2) is 4.79 Å². The smallest absolute Gasteiger partial charge is 0.329 e. The SMILES string of the molecule is CC(N/C=C/C(=O)O)C1CC2CCC1O2. The van der Waals surface area contributed by atoms with E-state index >= 15 is 0 Å². The van der Waals surface area contributed by atoms with E-state index in [0.29, 0.717) is 18.1 Å². The second-order valence-corrected chi connectivity index (χ2v) is 4.40. The van der Waals surface area contributed by atoms with E-state index in [1.807, 2.05) is 0 Å². The first-order valence-corrected chi connectivity index (χ1v) is 5.48. The minimum absolute atomic E-state index is 0.288. The molecule has 4 atom stereocenters. The molecule has 2 saturated heterocycles. The molecular formula is C11H17NO3. The van der Waals surface area contributed by atoms with Crippen molar-refractivity contribution in [3.05, 3.63) is 12.3 Å². The Morgan fingerprint density at radius 3 is 2.93 bits per heavy atom. The summed E-state index contributed by atoms with van der Waals surface area (Å²) < 4.78 is 5.75. The van der Waals surface area contributed by atoms with E-state index in [2.05, 4.69) is 12.2 Å². The van der Waals surface area contributed by atoms with Crippen molar-refractivity contribution in [3.63, 3.8) is 0 Å². The normalized spacial score (nSPS) is 35.9. The van der Waals surface area contributed by atoms with Crippen LogP contribution in [-0.2, 0) is 9.53 Å². The van der Waals surface area contributed by atoms with E-state index < -0.39 is 5.97 Å². The van der Waals surface area contributed by atoms with Crippen LogP contribution in [0, 0.1) is 5.92 Å². The van der Waals surface area contributed by atoms with E-state index in [1.54, 1.807) is 0 Å². The van der Waals surface area contributed by atoms with Crippen LogP contribution in [0.3, 0.4) is 0 Å². The number of carboxylic acid groups (broad SMARTS) is 1. The molecule has 0 radical (unpaired) electrons. The third-order valence-corrected chi connectivity index (χ3v) is 3.38. The van der Waals surface area contributed by atoms with Gasteiger partial charge in [0.25, 0.3) is 0 Å². The van der Waals surface area contributed by atoms with Crippen LogP contribution < -0.4 is 5.32 Å². The monoisotopic (exact) mass is 211 g/mol. The lowest BCUT2D eigenvalue weighted by Gasteiger charge is -2.25. The first kappa shape index (κ1) is 10.5. The topological polar surface area (TPSA) is 58.6 Å². The summed E-state index contributed by atoms with van der Waals surface area (Å²) in [5, 5.41) is 11.5. The van der Waals surface area contributed by atoms with Crippen LogP contribution >= 0.6 is 0 Å². The number of aliphatic carboxylic acids is 1. The average Bonchev–Trinajstić information content (AvgIpc) is 2.77. The molecule has 0 saturated carbocycles. The van der Waals surface area contributed by atoms with Crippen molar-refractivity contribution in [1.82, 2.24) is 5.32 Å². The summed E-state index contributed by atoms with van der Waals surface area (Å²) in [4.78, 5) is 10.3. The van der Waals surface area contributed by atoms with Crippen LogP contribution in [-0.4, -0.2) is 29.3 Å². The van der Waals surface area contributed by atoms with Crippen molar-refractivity contribution in [1.29, 1.82) is 0 Å². The summed E-state index contributed by atoms with van der Waals surface area (Å²) in [5.74, 6) is -0.388. The third kappa shape index (κ3) is 2.31. The van der Waals surface area contributed by atoms with Crippen LogP contribution in [0.15, 0.2) is 12.3 Å². The minimum atomic E-state index is -0.918. The highest BCUT2D eigenvalue weighted by atomic mass is 16.5. The van der Waals surface area contributed by atoms with Gasteiger partial charge in [-0.3, -0.25) is 0 Å². The molecule has 2 fully saturated rings. The zero-order valence-electron chi connectivity index (χ0n) is 8.85. The molecule has 0 amide bonds. The van der Waals surface area contributed by atoms with Crippen LogP contribution in [0.4, 0.5) is 0 Å². The van der Waals surface area contributed by atoms with Gasteiger partial charge in [-0.1, -0.05) is 0 Å². The summed E-state index contributed by atoms with van der Waals surface area (Å²) in [7, 11) is 0. The Hall–Kier alpha value is -1.03. The van der Waals surface area contributed by atoms with Gasteiger partial charge in [0, 0.05) is 24.2 Å². The van der Waals surface area contributed by atoms with Crippen molar-refractivity contribution in [2.24, 2.45) is 5.92 Å². The summed E-state index contributed by atoms with van der Waals surface area (Å²) in [5.41, 5.74) is 0. The Bertz CT molecular complexity index is 277. The lowest BCUT2D eigenvalue weighted by Crippen LogP contribution is -2.35. The number of carbonyl (C=O) groups is 1. The number of nitrogens with one attached hydrogen (secondary N) is 1. The van der Waals surface area contributed by atoms with E-state index in [4.69, 9.17) is 9.84 Å². The van der Waals surface area contributed by atoms with Gasteiger partial charge in [0.15, 0.2) is 0 Å². The molecule has 0 aromatic rings. The first-order chi connectivity index (χ1) is 7.16.